The molecule has 1 fully saturated rings. The van der Waals surface area contributed by atoms with Crippen LogP contribution in [0.5, 0.6) is 0 Å². The first-order valence-corrected chi connectivity index (χ1v) is 7.02. The molecule has 0 unspecified atom stereocenters. The Bertz CT molecular complexity index is 318. The molecule has 0 aromatic rings. The van der Waals surface area contributed by atoms with Crippen LogP contribution in [0.2, 0.25) is 0 Å². The molecular weight excluding hydrogens is 216 g/mol. The van der Waals surface area contributed by atoms with E-state index in [9.17, 15) is 13.2 Å². The number of piperidine rings is 1. The van der Waals surface area contributed by atoms with E-state index in [2.05, 4.69) is 5.32 Å². The lowest BCUT2D eigenvalue weighted by Crippen LogP contribution is -2.42. The fourth-order valence-corrected chi connectivity index (χ4v) is 2.64. The van der Waals surface area contributed by atoms with Crippen LogP contribution in [-0.4, -0.2) is 44.5 Å². The van der Waals surface area contributed by atoms with Crippen molar-refractivity contribution in [2.45, 2.75) is 19.8 Å². The molecule has 6 heteroatoms. The molecule has 1 aliphatic rings. The largest absolute Gasteiger partial charge is 0.356 e. The van der Waals surface area contributed by atoms with Gasteiger partial charge in [-0.15, -0.1) is 0 Å². The van der Waals surface area contributed by atoms with E-state index in [1.165, 1.54) is 10.6 Å². The summed E-state index contributed by atoms with van der Waals surface area (Å²) in [6.45, 7) is 3.43. The molecule has 5 nitrogen and oxygen atoms in total. The van der Waals surface area contributed by atoms with Crippen molar-refractivity contribution in [3.63, 3.8) is 0 Å². The number of amides is 1. The van der Waals surface area contributed by atoms with Crippen LogP contribution in [0.15, 0.2) is 0 Å². The van der Waals surface area contributed by atoms with Crippen molar-refractivity contribution in [3.05, 3.63) is 0 Å². The molecule has 0 bridgehead atoms. The van der Waals surface area contributed by atoms with Gasteiger partial charge in [-0.3, -0.25) is 4.79 Å². The fourth-order valence-electron chi connectivity index (χ4n) is 1.77. The lowest BCUT2D eigenvalue weighted by Gasteiger charge is -2.29. The third kappa shape index (κ3) is 3.46. The zero-order valence-corrected chi connectivity index (χ0v) is 10.0. The van der Waals surface area contributed by atoms with E-state index in [1.54, 1.807) is 0 Å². The Labute approximate surface area is 90.9 Å². The highest BCUT2D eigenvalue weighted by Gasteiger charge is 2.28. The minimum atomic E-state index is -3.09. The average molecular weight is 234 g/mol. The Morgan fingerprint density at radius 1 is 1.40 bits per heavy atom. The van der Waals surface area contributed by atoms with Crippen LogP contribution in [0.1, 0.15) is 19.8 Å². The van der Waals surface area contributed by atoms with Gasteiger partial charge < -0.3 is 5.32 Å². The van der Waals surface area contributed by atoms with Gasteiger partial charge in [0.2, 0.25) is 15.9 Å². The van der Waals surface area contributed by atoms with Crippen LogP contribution in [0, 0.1) is 5.92 Å². The molecule has 1 heterocycles. The van der Waals surface area contributed by atoms with Gasteiger partial charge in [-0.2, -0.15) is 0 Å². The standard InChI is InChI=1S/C9H18N2O3S/c1-3-10-9(12)8-4-6-11(7-5-8)15(2,13)14/h8H,3-7H2,1-2H3,(H,10,12). The summed E-state index contributed by atoms with van der Waals surface area (Å²) in [4.78, 5) is 11.5. The van der Waals surface area contributed by atoms with Gasteiger partial charge in [-0.1, -0.05) is 0 Å². The summed E-state index contributed by atoms with van der Waals surface area (Å²) in [6.07, 6.45) is 2.46. The summed E-state index contributed by atoms with van der Waals surface area (Å²) in [6, 6.07) is 0. The van der Waals surface area contributed by atoms with Crippen molar-refractivity contribution in [1.29, 1.82) is 0 Å². The molecule has 15 heavy (non-hydrogen) atoms. The summed E-state index contributed by atoms with van der Waals surface area (Å²) < 4.78 is 23.9. The van der Waals surface area contributed by atoms with E-state index in [0.29, 0.717) is 32.5 Å². The molecule has 0 aromatic carbocycles. The second-order valence-electron chi connectivity index (χ2n) is 3.83. The minimum Gasteiger partial charge on any atom is -0.356 e. The zero-order chi connectivity index (χ0) is 11.5. The lowest BCUT2D eigenvalue weighted by atomic mass is 9.97. The quantitative estimate of drug-likeness (QED) is 0.735. The maximum absolute atomic E-state index is 11.5. The Morgan fingerprint density at radius 2 is 1.93 bits per heavy atom. The van der Waals surface area contributed by atoms with Gasteiger partial charge in [0, 0.05) is 25.6 Å². The molecule has 0 aromatic heterocycles. The maximum atomic E-state index is 11.5. The lowest BCUT2D eigenvalue weighted by molar-refractivity contribution is -0.125. The first-order chi connectivity index (χ1) is 6.95. The highest BCUT2D eigenvalue weighted by atomic mass is 32.2. The second kappa shape index (κ2) is 4.94. The first kappa shape index (κ1) is 12.4. The first-order valence-electron chi connectivity index (χ1n) is 5.18. The van der Waals surface area contributed by atoms with E-state index in [-0.39, 0.29) is 11.8 Å². The molecule has 1 aliphatic heterocycles. The van der Waals surface area contributed by atoms with Crippen molar-refractivity contribution in [1.82, 2.24) is 9.62 Å². The monoisotopic (exact) mass is 234 g/mol. The minimum absolute atomic E-state index is 0.0250. The van der Waals surface area contributed by atoms with Crippen LogP contribution in [0.3, 0.4) is 0 Å². The summed E-state index contributed by atoms with van der Waals surface area (Å²) in [5.74, 6) is 0.0219. The van der Waals surface area contributed by atoms with Crippen LogP contribution in [0.25, 0.3) is 0 Å². The van der Waals surface area contributed by atoms with Crippen LogP contribution < -0.4 is 5.32 Å². The van der Waals surface area contributed by atoms with Crippen LogP contribution >= 0.6 is 0 Å². The molecule has 0 atom stereocenters. The molecule has 0 radical (unpaired) electrons. The Balaban J connectivity index is 2.46. The number of carbonyl (C=O) groups excluding carboxylic acids is 1. The van der Waals surface area contributed by atoms with E-state index in [4.69, 9.17) is 0 Å². The van der Waals surface area contributed by atoms with Gasteiger partial charge >= 0.3 is 0 Å². The molecule has 1 saturated heterocycles. The predicted octanol–water partition coefficient (Wildman–Crippen LogP) is -0.206. The highest BCUT2D eigenvalue weighted by Crippen LogP contribution is 2.18. The van der Waals surface area contributed by atoms with Crippen molar-refractivity contribution in [2.75, 3.05) is 25.9 Å². The summed E-state index contributed by atoms with van der Waals surface area (Å²) in [7, 11) is -3.09. The van der Waals surface area contributed by atoms with Gasteiger partial charge in [-0.25, -0.2) is 12.7 Å². The van der Waals surface area contributed by atoms with Gasteiger partial charge in [0.15, 0.2) is 0 Å². The summed E-state index contributed by atoms with van der Waals surface area (Å²) >= 11 is 0. The maximum Gasteiger partial charge on any atom is 0.223 e. The molecule has 0 saturated carbocycles. The number of nitrogens with zero attached hydrogens (tertiary/aromatic N) is 1. The van der Waals surface area contributed by atoms with E-state index in [0.717, 1.165) is 0 Å². The number of rotatable bonds is 3. The second-order valence-corrected chi connectivity index (χ2v) is 5.81. The van der Waals surface area contributed by atoms with Crippen LogP contribution in [-0.2, 0) is 14.8 Å². The van der Waals surface area contributed by atoms with Gasteiger partial charge in [0.1, 0.15) is 0 Å². The third-order valence-electron chi connectivity index (χ3n) is 2.64. The average Bonchev–Trinajstić information content (AvgIpc) is 2.17. The van der Waals surface area contributed by atoms with Gasteiger partial charge in [-0.05, 0) is 19.8 Å². The molecule has 0 aliphatic carbocycles. The van der Waals surface area contributed by atoms with E-state index >= 15 is 0 Å². The number of sulfonamides is 1. The molecule has 1 N–H and O–H groups in total. The highest BCUT2D eigenvalue weighted by molar-refractivity contribution is 7.88. The van der Waals surface area contributed by atoms with E-state index < -0.39 is 10.0 Å². The van der Waals surface area contributed by atoms with Crippen molar-refractivity contribution in [2.24, 2.45) is 5.92 Å². The summed E-state index contributed by atoms with van der Waals surface area (Å²) in [5.41, 5.74) is 0. The molecule has 0 spiro atoms. The molecule has 1 amide bonds. The molecule has 88 valence electrons. The SMILES string of the molecule is CCNC(=O)C1CCN(S(C)(=O)=O)CC1. The summed E-state index contributed by atoms with van der Waals surface area (Å²) in [5, 5.41) is 2.76. The van der Waals surface area contributed by atoms with Crippen molar-refractivity contribution >= 4 is 15.9 Å². The number of nitrogens with one attached hydrogen (secondary N) is 1. The number of hydrogen-bond acceptors (Lipinski definition) is 3. The van der Waals surface area contributed by atoms with Gasteiger partial charge in [0.05, 0.1) is 6.26 Å². The Morgan fingerprint density at radius 3 is 2.33 bits per heavy atom. The Kier molecular flexibility index (Phi) is 4.10. The predicted molar refractivity (Wildman–Crippen MR) is 57.8 cm³/mol. The van der Waals surface area contributed by atoms with Crippen LogP contribution in [0.4, 0.5) is 0 Å². The molecule has 1 rings (SSSR count). The third-order valence-corrected chi connectivity index (χ3v) is 3.95. The van der Waals surface area contributed by atoms with E-state index in [1.807, 2.05) is 6.92 Å². The van der Waals surface area contributed by atoms with Crippen molar-refractivity contribution in [3.8, 4) is 0 Å². The van der Waals surface area contributed by atoms with Crippen molar-refractivity contribution < 1.29 is 13.2 Å². The zero-order valence-electron chi connectivity index (χ0n) is 9.19. The van der Waals surface area contributed by atoms with Gasteiger partial charge in [0.25, 0.3) is 0 Å². The molecular formula is C9H18N2O3S. The number of hydrogen-bond donors (Lipinski definition) is 1. The topological polar surface area (TPSA) is 66.5 Å². The Hall–Kier alpha value is -0.620. The number of carbonyl (C=O) groups is 1. The fraction of sp³-hybridized carbons (Fsp3) is 0.889. The smallest absolute Gasteiger partial charge is 0.223 e. The normalized spacial score (nSPS) is 20.1.